The van der Waals surface area contributed by atoms with Crippen LogP contribution in [0.1, 0.15) is 23.3 Å². The van der Waals surface area contributed by atoms with Gasteiger partial charge in [0.2, 0.25) is 0 Å². The van der Waals surface area contributed by atoms with E-state index >= 15 is 0 Å². The lowest BCUT2D eigenvalue weighted by atomic mass is 10.1. The summed E-state index contributed by atoms with van der Waals surface area (Å²) in [6.07, 6.45) is 3.47. The number of aromatic nitrogens is 1. The number of carboxylic acids is 1. The Morgan fingerprint density at radius 2 is 2.11 bits per heavy atom. The van der Waals surface area contributed by atoms with Gasteiger partial charge in [0.25, 0.3) is 5.91 Å². The molecule has 6 nitrogen and oxygen atoms in total. The van der Waals surface area contributed by atoms with E-state index < -0.39 is 5.97 Å². The molecule has 0 radical (unpaired) electrons. The summed E-state index contributed by atoms with van der Waals surface area (Å²) in [5.74, 6) is -1.07. The average molecular weight is 266 g/mol. The lowest BCUT2D eigenvalue weighted by Gasteiger charge is -2.31. The number of methoxy groups -OCH3 is 1. The van der Waals surface area contributed by atoms with Gasteiger partial charge in [0, 0.05) is 26.4 Å². The van der Waals surface area contributed by atoms with Crippen molar-refractivity contribution in [1.29, 1.82) is 0 Å². The summed E-state index contributed by atoms with van der Waals surface area (Å²) < 4.78 is 6.73. The summed E-state index contributed by atoms with van der Waals surface area (Å²) in [5.41, 5.74) is 0.429. The highest BCUT2D eigenvalue weighted by Gasteiger charge is 2.25. The fraction of sp³-hybridized carbons (Fsp3) is 0.538. The summed E-state index contributed by atoms with van der Waals surface area (Å²) in [6, 6.07) is 3.35. The maximum absolute atomic E-state index is 12.3. The monoisotopic (exact) mass is 266 g/mol. The van der Waals surface area contributed by atoms with Gasteiger partial charge >= 0.3 is 5.97 Å². The zero-order chi connectivity index (χ0) is 13.8. The minimum absolute atomic E-state index is 0.110. The third-order valence-electron chi connectivity index (χ3n) is 3.42. The van der Waals surface area contributed by atoms with Crippen LogP contribution in [-0.2, 0) is 16.1 Å². The molecule has 1 N–H and O–H groups in total. The van der Waals surface area contributed by atoms with E-state index in [2.05, 4.69) is 0 Å². The van der Waals surface area contributed by atoms with E-state index in [1.165, 1.54) is 4.57 Å². The van der Waals surface area contributed by atoms with Crippen molar-refractivity contribution >= 4 is 11.9 Å². The number of carbonyl (C=O) groups excluding carboxylic acids is 1. The molecule has 19 heavy (non-hydrogen) atoms. The molecular formula is C13H18N2O4. The van der Waals surface area contributed by atoms with Gasteiger partial charge in [-0.05, 0) is 25.0 Å². The summed E-state index contributed by atoms with van der Waals surface area (Å²) in [4.78, 5) is 24.8. The number of rotatable bonds is 4. The van der Waals surface area contributed by atoms with Crippen LogP contribution in [0.25, 0.3) is 0 Å². The normalized spacial score (nSPS) is 16.6. The van der Waals surface area contributed by atoms with Crippen LogP contribution in [0.2, 0.25) is 0 Å². The fourth-order valence-electron chi connectivity index (χ4n) is 2.35. The average Bonchev–Trinajstić information content (AvgIpc) is 2.85. The Morgan fingerprint density at radius 3 is 2.68 bits per heavy atom. The Labute approximate surface area is 111 Å². The number of carbonyl (C=O) groups is 2. The molecule has 6 heteroatoms. The van der Waals surface area contributed by atoms with E-state index in [0.29, 0.717) is 18.8 Å². The van der Waals surface area contributed by atoms with Gasteiger partial charge in [0.15, 0.2) is 0 Å². The molecule has 2 heterocycles. The quantitative estimate of drug-likeness (QED) is 0.876. The number of nitrogens with zero attached hydrogens (tertiary/aromatic N) is 2. The van der Waals surface area contributed by atoms with Crippen molar-refractivity contribution in [3.63, 3.8) is 0 Å². The van der Waals surface area contributed by atoms with E-state index in [9.17, 15) is 9.59 Å². The third kappa shape index (κ3) is 3.14. The van der Waals surface area contributed by atoms with Crippen LogP contribution in [0.3, 0.4) is 0 Å². The first-order chi connectivity index (χ1) is 9.11. The van der Waals surface area contributed by atoms with Crippen molar-refractivity contribution in [2.24, 2.45) is 0 Å². The van der Waals surface area contributed by atoms with Crippen LogP contribution in [0.4, 0.5) is 0 Å². The second kappa shape index (κ2) is 5.88. The van der Waals surface area contributed by atoms with E-state index in [4.69, 9.17) is 9.84 Å². The van der Waals surface area contributed by atoms with Gasteiger partial charge in [-0.1, -0.05) is 0 Å². The Morgan fingerprint density at radius 1 is 1.42 bits per heavy atom. The maximum Gasteiger partial charge on any atom is 0.323 e. The van der Waals surface area contributed by atoms with E-state index in [1.807, 2.05) is 0 Å². The largest absolute Gasteiger partial charge is 0.480 e. The molecule has 1 fully saturated rings. The van der Waals surface area contributed by atoms with Crippen LogP contribution < -0.4 is 0 Å². The minimum atomic E-state index is -0.955. The molecule has 104 valence electrons. The van der Waals surface area contributed by atoms with Gasteiger partial charge in [-0.2, -0.15) is 0 Å². The molecule has 2 rings (SSSR count). The number of carboxylic acid groups (broad SMARTS) is 1. The van der Waals surface area contributed by atoms with Crippen LogP contribution in [0, 0.1) is 0 Å². The molecule has 1 aliphatic heterocycles. The molecule has 1 aliphatic rings. The predicted octanol–water partition coefficient (Wildman–Crippen LogP) is 0.824. The molecule has 0 spiro atoms. The van der Waals surface area contributed by atoms with E-state index in [-0.39, 0.29) is 18.6 Å². The molecule has 0 bridgehead atoms. The van der Waals surface area contributed by atoms with Crippen LogP contribution in [0.15, 0.2) is 18.3 Å². The minimum Gasteiger partial charge on any atom is -0.480 e. The lowest BCUT2D eigenvalue weighted by Crippen LogP contribution is -2.41. The smallest absolute Gasteiger partial charge is 0.323 e. The highest BCUT2D eigenvalue weighted by Crippen LogP contribution is 2.16. The van der Waals surface area contributed by atoms with Crippen LogP contribution >= 0.6 is 0 Å². The van der Waals surface area contributed by atoms with Gasteiger partial charge in [0.05, 0.1) is 6.10 Å². The van der Waals surface area contributed by atoms with Crippen LogP contribution in [0.5, 0.6) is 0 Å². The summed E-state index contributed by atoms with van der Waals surface area (Å²) in [7, 11) is 1.68. The first kappa shape index (κ1) is 13.6. The summed E-state index contributed by atoms with van der Waals surface area (Å²) in [5, 5.41) is 8.81. The van der Waals surface area contributed by atoms with Crippen molar-refractivity contribution < 1.29 is 19.4 Å². The Bertz CT molecular complexity index is 461. The first-order valence-electron chi connectivity index (χ1n) is 6.31. The second-order valence-electron chi connectivity index (χ2n) is 4.64. The van der Waals surface area contributed by atoms with Gasteiger partial charge < -0.3 is 19.3 Å². The zero-order valence-corrected chi connectivity index (χ0v) is 10.9. The van der Waals surface area contributed by atoms with Gasteiger partial charge in [-0.3, -0.25) is 9.59 Å². The molecule has 0 atom stereocenters. The van der Waals surface area contributed by atoms with E-state index in [0.717, 1.165) is 12.8 Å². The molecule has 0 unspecified atom stereocenters. The molecule has 0 aromatic carbocycles. The molecule has 0 aliphatic carbocycles. The van der Waals surface area contributed by atoms with Gasteiger partial charge in [-0.15, -0.1) is 0 Å². The lowest BCUT2D eigenvalue weighted by molar-refractivity contribution is -0.137. The topological polar surface area (TPSA) is 71.8 Å². The van der Waals surface area contributed by atoms with Crippen LogP contribution in [-0.4, -0.2) is 52.8 Å². The predicted molar refractivity (Wildman–Crippen MR) is 68.0 cm³/mol. The fourth-order valence-corrected chi connectivity index (χ4v) is 2.35. The second-order valence-corrected chi connectivity index (χ2v) is 4.64. The standard InChI is InChI=1S/C13H18N2O4/c1-19-10-4-7-14(8-5-10)13(18)11-3-2-6-15(11)9-12(16)17/h2-3,6,10H,4-5,7-9H2,1H3,(H,16,17). The highest BCUT2D eigenvalue weighted by molar-refractivity contribution is 5.93. The maximum atomic E-state index is 12.3. The number of likely N-dealkylation sites (tertiary alicyclic amines) is 1. The zero-order valence-electron chi connectivity index (χ0n) is 10.9. The number of piperidine rings is 1. The Kier molecular flexibility index (Phi) is 4.21. The number of aliphatic carboxylic acids is 1. The number of amides is 1. The molecule has 1 saturated heterocycles. The number of hydrogen-bond acceptors (Lipinski definition) is 3. The Hall–Kier alpha value is -1.82. The molecule has 0 saturated carbocycles. The molecule has 1 amide bonds. The van der Waals surface area contributed by atoms with Crippen molar-refractivity contribution in [1.82, 2.24) is 9.47 Å². The van der Waals surface area contributed by atoms with Gasteiger partial charge in [-0.25, -0.2) is 0 Å². The van der Waals surface area contributed by atoms with Crippen molar-refractivity contribution in [2.45, 2.75) is 25.5 Å². The Balaban J connectivity index is 2.04. The number of ether oxygens (including phenoxy) is 1. The van der Waals surface area contributed by atoms with E-state index in [1.54, 1.807) is 30.3 Å². The van der Waals surface area contributed by atoms with Crippen molar-refractivity contribution in [3.05, 3.63) is 24.0 Å². The highest BCUT2D eigenvalue weighted by atomic mass is 16.5. The van der Waals surface area contributed by atoms with Crippen molar-refractivity contribution in [3.8, 4) is 0 Å². The molecular weight excluding hydrogens is 248 g/mol. The van der Waals surface area contributed by atoms with Crippen molar-refractivity contribution in [2.75, 3.05) is 20.2 Å². The molecule has 1 aromatic rings. The van der Waals surface area contributed by atoms with Gasteiger partial charge in [0.1, 0.15) is 12.2 Å². The number of hydrogen-bond donors (Lipinski definition) is 1. The molecule has 1 aromatic heterocycles. The SMILES string of the molecule is COC1CCN(C(=O)c2cccn2CC(=O)O)CC1. The first-order valence-corrected chi connectivity index (χ1v) is 6.31. The third-order valence-corrected chi connectivity index (χ3v) is 3.42. The summed E-state index contributed by atoms with van der Waals surface area (Å²) in [6.45, 7) is 1.10. The summed E-state index contributed by atoms with van der Waals surface area (Å²) >= 11 is 0.